The molecule has 3 aromatic carbocycles. The molecule has 8 heteroatoms. The molecule has 0 aliphatic carbocycles. The minimum atomic E-state index is -0.396. The standard InChI is InChI=1S/C30H29N3O4S/c1-4-36-29(35)20-12-14-22(15-13-20)31-30(38)33-28(34)25-17-27(32-26-11-6-5-10-24(25)26)21-8-7-9-23(16-21)37-18-19(2)3/h5-17,19H,4,18H2,1-3H3,(H2,31,33,34,38). The van der Waals surface area contributed by atoms with Crippen LogP contribution in [0, 0.1) is 5.92 Å². The second-order valence-corrected chi connectivity index (χ2v) is 9.42. The van der Waals surface area contributed by atoms with E-state index >= 15 is 0 Å². The molecule has 0 bridgehead atoms. The van der Waals surface area contributed by atoms with Crippen LogP contribution in [-0.2, 0) is 4.74 Å². The zero-order valence-corrected chi connectivity index (χ0v) is 22.3. The van der Waals surface area contributed by atoms with Crippen molar-refractivity contribution >= 4 is 45.8 Å². The number of nitrogens with zero attached hydrogens (tertiary/aromatic N) is 1. The van der Waals surface area contributed by atoms with Crippen LogP contribution in [0.2, 0.25) is 0 Å². The quantitative estimate of drug-likeness (QED) is 0.207. The highest BCUT2D eigenvalue weighted by atomic mass is 32.1. The Morgan fingerprint density at radius 2 is 1.74 bits per heavy atom. The molecule has 0 radical (unpaired) electrons. The number of amides is 1. The number of aromatic nitrogens is 1. The number of benzene rings is 3. The van der Waals surface area contributed by atoms with Crippen LogP contribution in [-0.4, -0.2) is 35.2 Å². The molecule has 0 unspecified atom stereocenters. The predicted molar refractivity (Wildman–Crippen MR) is 154 cm³/mol. The number of thiocarbonyl (C=S) groups is 1. The van der Waals surface area contributed by atoms with Crippen molar-refractivity contribution in [1.82, 2.24) is 10.3 Å². The van der Waals surface area contributed by atoms with Crippen LogP contribution in [0.3, 0.4) is 0 Å². The van der Waals surface area contributed by atoms with E-state index in [-0.39, 0.29) is 11.0 Å². The number of para-hydroxylation sites is 1. The first-order chi connectivity index (χ1) is 18.3. The van der Waals surface area contributed by atoms with Crippen molar-refractivity contribution < 1.29 is 19.1 Å². The molecule has 38 heavy (non-hydrogen) atoms. The Hall–Kier alpha value is -4.30. The second kappa shape index (κ2) is 12.3. The highest BCUT2D eigenvalue weighted by Gasteiger charge is 2.16. The number of esters is 1. The molecule has 4 aromatic rings. The van der Waals surface area contributed by atoms with Gasteiger partial charge in [-0.25, -0.2) is 9.78 Å². The smallest absolute Gasteiger partial charge is 0.338 e. The fraction of sp³-hybridized carbons (Fsp3) is 0.200. The van der Waals surface area contributed by atoms with E-state index in [9.17, 15) is 9.59 Å². The number of carbonyl (C=O) groups is 2. The zero-order valence-electron chi connectivity index (χ0n) is 21.5. The minimum Gasteiger partial charge on any atom is -0.493 e. The average Bonchev–Trinajstić information content (AvgIpc) is 2.92. The molecule has 0 atom stereocenters. The van der Waals surface area contributed by atoms with Gasteiger partial charge < -0.3 is 14.8 Å². The molecule has 4 rings (SSSR count). The van der Waals surface area contributed by atoms with Gasteiger partial charge in [0.25, 0.3) is 5.91 Å². The Morgan fingerprint density at radius 1 is 0.974 bits per heavy atom. The summed E-state index contributed by atoms with van der Waals surface area (Å²) in [5, 5.41) is 6.58. The SMILES string of the molecule is CCOC(=O)c1ccc(NC(=S)NC(=O)c2cc(-c3cccc(OCC(C)C)c3)nc3ccccc23)cc1. The molecule has 2 N–H and O–H groups in total. The molecule has 0 saturated carbocycles. The molecule has 194 valence electrons. The van der Waals surface area contributed by atoms with Crippen LogP contribution in [0.15, 0.2) is 78.9 Å². The molecule has 1 aromatic heterocycles. The van der Waals surface area contributed by atoms with Gasteiger partial charge in [0.2, 0.25) is 0 Å². The molecular weight excluding hydrogens is 498 g/mol. The summed E-state index contributed by atoms with van der Waals surface area (Å²) in [6.07, 6.45) is 0. The summed E-state index contributed by atoms with van der Waals surface area (Å²) in [5.41, 5.74) is 3.69. The third-order valence-corrected chi connectivity index (χ3v) is 5.76. The molecule has 0 saturated heterocycles. The fourth-order valence-corrected chi connectivity index (χ4v) is 3.97. The summed E-state index contributed by atoms with van der Waals surface area (Å²) in [6, 6.07) is 23.6. The Balaban J connectivity index is 1.55. The van der Waals surface area contributed by atoms with Crippen molar-refractivity contribution in [3.63, 3.8) is 0 Å². The van der Waals surface area contributed by atoms with Gasteiger partial charge in [-0.15, -0.1) is 0 Å². The minimum absolute atomic E-state index is 0.130. The molecular formula is C30H29N3O4S. The summed E-state index contributed by atoms with van der Waals surface area (Å²) in [7, 11) is 0. The number of carbonyl (C=O) groups excluding carboxylic acids is 2. The van der Waals surface area contributed by atoms with Crippen molar-refractivity contribution in [2.75, 3.05) is 18.5 Å². The largest absolute Gasteiger partial charge is 0.493 e. The number of nitrogens with one attached hydrogen (secondary N) is 2. The van der Waals surface area contributed by atoms with E-state index in [2.05, 4.69) is 24.5 Å². The third kappa shape index (κ3) is 6.72. The fourth-order valence-electron chi connectivity index (χ4n) is 3.76. The summed E-state index contributed by atoms with van der Waals surface area (Å²) >= 11 is 5.39. The topological polar surface area (TPSA) is 89.6 Å². The first-order valence-corrected chi connectivity index (χ1v) is 12.8. The number of rotatable bonds is 8. The zero-order chi connectivity index (χ0) is 27.1. The van der Waals surface area contributed by atoms with E-state index in [1.54, 1.807) is 37.3 Å². The Kier molecular flexibility index (Phi) is 8.66. The number of hydrogen-bond acceptors (Lipinski definition) is 6. The molecule has 1 amide bonds. The van der Waals surface area contributed by atoms with Crippen molar-refractivity contribution in [2.45, 2.75) is 20.8 Å². The van der Waals surface area contributed by atoms with E-state index in [0.717, 1.165) is 11.3 Å². The van der Waals surface area contributed by atoms with Gasteiger partial charge in [0.1, 0.15) is 5.75 Å². The van der Waals surface area contributed by atoms with E-state index in [1.165, 1.54) is 0 Å². The monoisotopic (exact) mass is 527 g/mol. The number of fused-ring (bicyclic) bond motifs is 1. The molecule has 0 aliphatic heterocycles. The van der Waals surface area contributed by atoms with E-state index < -0.39 is 5.97 Å². The number of hydrogen-bond donors (Lipinski definition) is 2. The first-order valence-electron chi connectivity index (χ1n) is 12.4. The van der Waals surface area contributed by atoms with E-state index in [0.29, 0.717) is 52.5 Å². The Labute approximate surface area is 227 Å². The lowest BCUT2D eigenvalue weighted by atomic mass is 10.0. The predicted octanol–water partition coefficient (Wildman–Crippen LogP) is 6.24. The number of pyridine rings is 1. The highest BCUT2D eigenvalue weighted by Crippen LogP contribution is 2.27. The first kappa shape index (κ1) is 26.8. The maximum atomic E-state index is 13.4. The van der Waals surface area contributed by atoms with Gasteiger partial charge in [-0.05, 0) is 73.6 Å². The van der Waals surface area contributed by atoms with Crippen LogP contribution in [0.5, 0.6) is 5.75 Å². The van der Waals surface area contributed by atoms with Gasteiger partial charge in [-0.3, -0.25) is 10.1 Å². The van der Waals surface area contributed by atoms with Gasteiger partial charge in [-0.2, -0.15) is 0 Å². The van der Waals surface area contributed by atoms with Gasteiger partial charge in [0.05, 0.1) is 35.6 Å². The molecule has 7 nitrogen and oxygen atoms in total. The van der Waals surface area contributed by atoms with Gasteiger partial charge >= 0.3 is 5.97 Å². The second-order valence-electron chi connectivity index (χ2n) is 9.01. The lowest BCUT2D eigenvalue weighted by Crippen LogP contribution is -2.34. The van der Waals surface area contributed by atoms with Crippen LogP contribution in [0.1, 0.15) is 41.5 Å². The normalized spacial score (nSPS) is 10.7. The van der Waals surface area contributed by atoms with Crippen molar-refractivity contribution in [3.05, 3.63) is 90.0 Å². The summed E-state index contributed by atoms with van der Waals surface area (Å²) in [4.78, 5) is 30.0. The molecule has 0 fully saturated rings. The Morgan fingerprint density at radius 3 is 2.47 bits per heavy atom. The van der Waals surface area contributed by atoms with Gasteiger partial charge in [-0.1, -0.05) is 44.2 Å². The molecule has 0 aliphatic rings. The molecule has 1 heterocycles. The average molecular weight is 528 g/mol. The number of ether oxygens (including phenoxy) is 2. The van der Waals surface area contributed by atoms with Crippen molar-refractivity contribution in [3.8, 4) is 17.0 Å². The van der Waals surface area contributed by atoms with Gasteiger partial charge in [0, 0.05) is 16.6 Å². The van der Waals surface area contributed by atoms with Crippen LogP contribution < -0.4 is 15.4 Å². The molecule has 0 spiro atoms. The highest BCUT2D eigenvalue weighted by molar-refractivity contribution is 7.80. The number of anilines is 1. The van der Waals surface area contributed by atoms with E-state index in [1.807, 2.05) is 48.5 Å². The van der Waals surface area contributed by atoms with Crippen LogP contribution in [0.25, 0.3) is 22.2 Å². The summed E-state index contributed by atoms with van der Waals surface area (Å²) in [5.74, 6) is 0.391. The van der Waals surface area contributed by atoms with Crippen LogP contribution >= 0.6 is 12.2 Å². The van der Waals surface area contributed by atoms with Crippen molar-refractivity contribution in [1.29, 1.82) is 0 Å². The van der Waals surface area contributed by atoms with Crippen LogP contribution in [0.4, 0.5) is 5.69 Å². The third-order valence-electron chi connectivity index (χ3n) is 5.55. The lowest BCUT2D eigenvalue weighted by molar-refractivity contribution is 0.0526. The Bertz CT molecular complexity index is 1470. The maximum Gasteiger partial charge on any atom is 0.338 e. The lowest BCUT2D eigenvalue weighted by Gasteiger charge is -2.13. The summed E-state index contributed by atoms with van der Waals surface area (Å²) in [6.45, 7) is 6.86. The summed E-state index contributed by atoms with van der Waals surface area (Å²) < 4.78 is 10.9. The van der Waals surface area contributed by atoms with E-state index in [4.69, 9.17) is 26.7 Å². The van der Waals surface area contributed by atoms with Crippen molar-refractivity contribution in [2.24, 2.45) is 5.92 Å². The maximum absolute atomic E-state index is 13.4. The van der Waals surface area contributed by atoms with Gasteiger partial charge in [0.15, 0.2) is 5.11 Å².